The van der Waals surface area contributed by atoms with Crippen LogP contribution in [-0.2, 0) is 44.0 Å². The highest BCUT2D eigenvalue weighted by Gasteiger charge is 2.68. The van der Waals surface area contributed by atoms with Crippen LogP contribution in [-0.4, -0.2) is 83.5 Å². The number of sulfonamides is 1. The fourth-order valence-electron chi connectivity index (χ4n) is 6.16. The number of esters is 3. The molecule has 3 heterocycles. The summed E-state index contributed by atoms with van der Waals surface area (Å²) in [7, 11) is 0.397. The van der Waals surface area contributed by atoms with E-state index >= 15 is 0 Å². The van der Waals surface area contributed by atoms with E-state index in [2.05, 4.69) is 11.6 Å². The molecule has 3 aliphatic heterocycles. The lowest BCUT2D eigenvalue weighted by Gasteiger charge is -2.40. The fourth-order valence-corrected chi connectivity index (χ4v) is 7.79. The van der Waals surface area contributed by atoms with Crippen molar-refractivity contribution >= 4 is 39.5 Å². The maximum Gasteiger partial charge on any atom is 0.357 e. The highest BCUT2D eigenvalue weighted by molar-refractivity contribution is 7.89. The third kappa shape index (κ3) is 3.98. The van der Waals surface area contributed by atoms with Crippen molar-refractivity contribution in [1.29, 1.82) is 0 Å². The molecule has 13 heteroatoms. The standard InChI is InChI=1S/C29H29N3O9S/c1-6-15-31-20-10-8-7-9-19(20)29-16-21(25(33)39-3)32(42(36,37)18-13-11-17(38-2)12-14-18)28(29)30-23(27(35)41-5)22(24(29)31)26(34)40-4/h6-14,21,24H,1,15-16H2,2-5H3/t21-,24-,29-/m0/s1. The summed E-state index contributed by atoms with van der Waals surface area (Å²) in [6.45, 7) is 4.06. The lowest BCUT2D eigenvalue weighted by molar-refractivity contribution is -0.144. The predicted molar refractivity (Wildman–Crippen MR) is 150 cm³/mol. The van der Waals surface area contributed by atoms with Gasteiger partial charge in [-0.05, 0) is 42.3 Å². The summed E-state index contributed by atoms with van der Waals surface area (Å²) in [4.78, 5) is 46.2. The number of ether oxygens (including phenoxy) is 4. The first kappa shape index (κ1) is 28.9. The lowest BCUT2D eigenvalue weighted by atomic mass is 9.69. The zero-order valence-electron chi connectivity index (χ0n) is 23.4. The number of methoxy groups -OCH3 is 4. The smallest absolute Gasteiger partial charge is 0.357 e. The van der Waals surface area contributed by atoms with Crippen LogP contribution in [0.25, 0.3) is 0 Å². The minimum Gasteiger partial charge on any atom is -0.497 e. The molecule has 1 saturated heterocycles. The van der Waals surface area contributed by atoms with Crippen molar-refractivity contribution in [3.05, 3.63) is 78.0 Å². The summed E-state index contributed by atoms with van der Waals surface area (Å²) in [6.07, 6.45) is 1.48. The zero-order chi connectivity index (χ0) is 30.4. The average Bonchev–Trinajstić information content (AvgIpc) is 3.51. The molecule has 5 rings (SSSR count). The van der Waals surface area contributed by atoms with Gasteiger partial charge in [-0.3, -0.25) is 0 Å². The summed E-state index contributed by atoms with van der Waals surface area (Å²) in [5, 5.41) is 0. The third-order valence-electron chi connectivity index (χ3n) is 7.82. The molecule has 1 spiro atoms. The molecule has 3 aliphatic rings. The fraction of sp³-hybridized carbons (Fsp3) is 0.310. The molecule has 3 atom stereocenters. The first-order chi connectivity index (χ1) is 20.1. The Morgan fingerprint density at radius 3 is 2.26 bits per heavy atom. The van der Waals surface area contributed by atoms with Gasteiger partial charge >= 0.3 is 17.9 Å². The number of aliphatic imine (C=N–C) groups is 1. The molecule has 2 aromatic carbocycles. The highest BCUT2D eigenvalue weighted by Crippen LogP contribution is 2.58. The van der Waals surface area contributed by atoms with E-state index in [0.717, 1.165) is 18.5 Å². The SMILES string of the molecule is C=CCN1c2ccccc2[C@]23C[C@@H](C(=O)OC)N(S(=O)(=O)c4ccc(OC)cc4)C2=NC(C(=O)OC)=C(C(=O)OC)[C@H]13. The Balaban J connectivity index is 1.89. The van der Waals surface area contributed by atoms with E-state index in [1.54, 1.807) is 24.3 Å². The molecule has 12 nitrogen and oxygen atoms in total. The number of anilines is 1. The monoisotopic (exact) mass is 595 g/mol. The second-order valence-corrected chi connectivity index (χ2v) is 11.5. The van der Waals surface area contributed by atoms with Gasteiger partial charge in [0.15, 0.2) is 5.70 Å². The van der Waals surface area contributed by atoms with E-state index in [9.17, 15) is 22.8 Å². The summed E-state index contributed by atoms with van der Waals surface area (Å²) in [5.41, 5.74) is -0.683. The third-order valence-corrected chi connectivity index (χ3v) is 9.64. The van der Waals surface area contributed by atoms with Crippen LogP contribution < -0.4 is 9.64 Å². The number of rotatable bonds is 8. The molecule has 42 heavy (non-hydrogen) atoms. The van der Waals surface area contributed by atoms with E-state index in [1.165, 1.54) is 38.5 Å². The van der Waals surface area contributed by atoms with Gasteiger partial charge in [0.1, 0.15) is 17.6 Å². The zero-order valence-corrected chi connectivity index (χ0v) is 24.2. The number of hydrogen-bond acceptors (Lipinski definition) is 11. The van der Waals surface area contributed by atoms with Gasteiger partial charge in [-0.1, -0.05) is 24.3 Å². The van der Waals surface area contributed by atoms with Crippen LogP contribution in [0.2, 0.25) is 0 Å². The summed E-state index contributed by atoms with van der Waals surface area (Å²) in [6, 6.07) is 10.4. The molecule has 0 unspecified atom stereocenters. The largest absolute Gasteiger partial charge is 0.497 e. The Morgan fingerprint density at radius 1 is 1.00 bits per heavy atom. The van der Waals surface area contributed by atoms with Crippen molar-refractivity contribution in [2.24, 2.45) is 4.99 Å². The molecule has 2 aromatic rings. The number of carbonyl (C=O) groups excluding carboxylic acids is 3. The number of carbonyl (C=O) groups is 3. The average molecular weight is 596 g/mol. The van der Waals surface area contributed by atoms with E-state index in [-0.39, 0.29) is 29.3 Å². The van der Waals surface area contributed by atoms with Crippen molar-refractivity contribution in [1.82, 2.24) is 4.31 Å². The quantitative estimate of drug-likeness (QED) is 0.253. The maximum absolute atomic E-state index is 14.4. The van der Waals surface area contributed by atoms with Crippen molar-refractivity contribution in [2.75, 3.05) is 39.9 Å². The highest BCUT2D eigenvalue weighted by atomic mass is 32.2. The minimum absolute atomic E-state index is 0.120. The topological polar surface area (TPSA) is 141 Å². The molecule has 220 valence electrons. The Bertz CT molecular complexity index is 1650. The van der Waals surface area contributed by atoms with Crippen molar-refractivity contribution in [3.8, 4) is 5.75 Å². The Morgan fingerprint density at radius 2 is 1.67 bits per heavy atom. The molecule has 1 fully saturated rings. The van der Waals surface area contributed by atoms with E-state index in [4.69, 9.17) is 18.9 Å². The van der Waals surface area contributed by atoms with Crippen LogP contribution in [0.5, 0.6) is 5.75 Å². The summed E-state index contributed by atoms with van der Waals surface area (Å²) < 4.78 is 50.0. The molecule has 0 N–H and O–H groups in total. The number of amidine groups is 1. The number of benzene rings is 2. The second-order valence-electron chi connectivity index (χ2n) is 9.73. The Kier molecular flexibility index (Phi) is 7.31. The van der Waals surface area contributed by atoms with Crippen molar-refractivity contribution in [2.45, 2.75) is 28.8 Å². The van der Waals surface area contributed by atoms with Gasteiger partial charge in [0, 0.05) is 12.2 Å². The van der Waals surface area contributed by atoms with E-state index in [1.807, 2.05) is 11.0 Å². The molecule has 0 saturated carbocycles. The van der Waals surface area contributed by atoms with Gasteiger partial charge in [-0.2, -0.15) is 0 Å². The number of para-hydroxylation sites is 1. The van der Waals surface area contributed by atoms with Crippen LogP contribution in [0.15, 0.2) is 82.3 Å². The Hall–Kier alpha value is -4.65. The molecule has 0 radical (unpaired) electrons. The molecule has 0 aliphatic carbocycles. The van der Waals surface area contributed by atoms with Crippen LogP contribution in [0, 0.1) is 0 Å². The van der Waals surface area contributed by atoms with Gasteiger partial charge in [-0.25, -0.2) is 32.1 Å². The van der Waals surface area contributed by atoms with Gasteiger partial charge < -0.3 is 23.8 Å². The van der Waals surface area contributed by atoms with Crippen LogP contribution in [0.4, 0.5) is 5.69 Å². The molecular formula is C29H29N3O9S. The first-order valence-electron chi connectivity index (χ1n) is 12.9. The van der Waals surface area contributed by atoms with Crippen LogP contribution in [0.3, 0.4) is 0 Å². The summed E-state index contributed by atoms with van der Waals surface area (Å²) >= 11 is 0. The number of hydrogen-bond donors (Lipinski definition) is 0. The minimum atomic E-state index is -4.50. The number of nitrogens with zero attached hydrogens (tertiary/aromatic N) is 3. The van der Waals surface area contributed by atoms with Gasteiger partial charge in [0.05, 0.1) is 50.4 Å². The molecule has 0 amide bonds. The normalized spacial score (nSPS) is 22.4. The second kappa shape index (κ2) is 10.6. The first-order valence-corrected chi connectivity index (χ1v) is 14.3. The predicted octanol–water partition coefficient (Wildman–Crippen LogP) is 1.96. The van der Waals surface area contributed by atoms with Gasteiger partial charge in [0.25, 0.3) is 10.0 Å². The van der Waals surface area contributed by atoms with E-state index in [0.29, 0.717) is 17.0 Å². The van der Waals surface area contributed by atoms with Crippen molar-refractivity contribution < 1.29 is 41.7 Å². The molecular weight excluding hydrogens is 566 g/mol. The lowest BCUT2D eigenvalue weighted by Crippen LogP contribution is -2.55. The van der Waals surface area contributed by atoms with Crippen molar-refractivity contribution in [3.63, 3.8) is 0 Å². The van der Waals surface area contributed by atoms with Gasteiger partial charge in [0.2, 0.25) is 0 Å². The van der Waals surface area contributed by atoms with Gasteiger partial charge in [-0.15, -0.1) is 6.58 Å². The maximum atomic E-state index is 14.4. The molecule has 0 aromatic heterocycles. The number of fused-ring (bicyclic) bond motifs is 1. The van der Waals surface area contributed by atoms with Crippen LogP contribution in [0.1, 0.15) is 12.0 Å². The van der Waals surface area contributed by atoms with E-state index < -0.39 is 51.1 Å². The molecule has 0 bridgehead atoms. The Labute approximate surface area is 242 Å². The van der Waals surface area contributed by atoms with Crippen LogP contribution >= 0.6 is 0 Å². The summed E-state index contributed by atoms with van der Waals surface area (Å²) in [5.74, 6) is -2.36.